The van der Waals surface area contributed by atoms with Gasteiger partial charge in [-0.25, -0.2) is 9.55 Å². The molecule has 0 spiro atoms. The summed E-state index contributed by atoms with van der Waals surface area (Å²) < 4.78 is 35.9. The summed E-state index contributed by atoms with van der Waals surface area (Å²) in [4.78, 5) is 22.2. The number of para-hydroxylation sites is 1. The van der Waals surface area contributed by atoms with Crippen LogP contribution in [0.1, 0.15) is 11.1 Å². The van der Waals surface area contributed by atoms with E-state index >= 15 is 0 Å². The predicted octanol–water partition coefficient (Wildman–Crippen LogP) is 1.08. The third kappa shape index (κ3) is 4.09. The van der Waals surface area contributed by atoms with E-state index in [2.05, 4.69) is 15.0 Å². The second kappa shape index (κ2) is 8.17. The number of fused-ring (bicyclic) bond motifs is 2. The Morgan fingerprint density at radius 2 is 2.30 bits per heavy atom. The van der Waals surface area contributed by atoms with Crippen molar-refractivity contribution >= 4 is 24.9 Å². The third-order valence-electron chi connectivity index (χ3n) is 4.44. The normalized spacial score (nSPS) is 19.4. The lowest BCUT2D eigenvalue weighted by atomic mass is 10.1. The molecule has 3 aromatic rings. The zero-order chi connectivity index (χ0) is 21.3. The highest BCUT2D eigenvalue weighted by molar-refractivity contribution is 7.49. The van der Waals surface area contributed by atoms with Crippen molar-refractivity contribution in [2.24, 2.45) is 0 Å². The van der Waals surface area contributed by atoms with E-state index < -0.39 is 26.1 Å². The smallest absolute Gasteiger partial charge is 0.403 e. The summed E-state index contributed by atoms with van der Waals surface area (Å²) in [6.45, 7) is 1.14. The fourth-order valence-electron chi connectivity index (χ4n) is 2.89. The number of hydrogen-bond donors (Lipinski definition) is 3. The Hall–Kier alpha value is -2.76. The number of nitrogens with one attached hydrogen (secondary N) is 1. The molecular weight excluding hydrogens is 417 g/mol. The summed E-state index contributed by atoms with van der Waals surface area (Å²) in [6.07, 6.45) is 0.509. The molecule has 0 aliphatic carbocycles. The molecule has 2 atom stereocenters. The van der Waals surface area contributed by atoms with Crippen molar-refractivity contribution in [3.63, 3.8) is 0 Å². The van der Waals surface area contributed by atoms with Gasteiger partial charge >= 0.3 is 7.82 Å². The Bertz CT molecular complexity index is 1180. The van der Waals surface area contributed by atoms with E-state index in [1.807, 2.05) is 25.1 Å². The standard InChI is InChI=1S/C17H20N5O7P/c1-10-3-2-4-11-6-27-30(25,29-14(10)11)28-7-12(5-23)26-9-22-8-19-13-15(22)20-17(18)21-16(13)24/h2-4,8,12,23H,5-7,9H2,1H3,(H3,18,20,21,24)/t12-,30-/m1/s1. The number of anilines is 1. The van der Waals surface area contributed by atoms with Gasteiger partial charge in [0, 0.05) is 5.56 Å². The summed E-state index contributed by atoms with van der Waals surface area (Å²) in [5.41, 5.74) is 7.00. The molecule has 0 radical (unpaired) electrons. The number of aryl methyl sites for hydroxylation is 1. The molecule has 12 nitrogen and oxygen atoms in total. The van der Waals surface area contributed by atoms with Crippen LogP contribution in [-0.2, 0) is 31.7 Å². The average molecular weight is 437 g/mol. The van der Waals surface area contributed by atoms with Crippen LogP contribution in [0, 0.1) is 6.92 Å². The molecule has 1 aromatic carbocycles. The molecule has 0 saturated heterocycles. The minimum absolute atomic E-state index is 0.0587. The van der Waals surface area contributed by atoms with E-state index in [0.717, 1.165) is 11.1 Å². The number of imidazole rings is 1. The van der Waals surface area contributed by atoms with Crippen LogP contribution in [0.3, 0.4) is 0 Å². The van der Waals surface area contributed by atoms with Crippen molar-refractivity contribution in [1.82, 2.24) is 19.5 Å². The molecule has 30 heavy (non-hydrogen) atoms. The number of H-pyrrole nitrogens is 1. The molecule has 13 heteroatoms. The molecule has 4 N–H and O–H groups in total. The van der Waals surface area contributed by atoms with Crippen molar-refractivity contribution < 1.29 is 28.0 Å². The van der Waals surface area contributed by atoms with Gasteiger partial charge in [-0.3, -0.25) is 23.4 Å². The molecule has 0 amide bonds. The lowest BCUT2D eigenvalue weighted by Gasteiger charge is -2.27. The highest BCUT2D eigenvalue weighted by Crippen LogP contribution is 2.55. The second-order valence-electron chi connectivity index (χ2n) is 6.61. The number of nitrogens with two attached hydrogens (primary N) is 1. The van der Waals surface area contributed by atoms with Crippen LogP contribution >= 0.6 is 7.82 Å². The molecule has 3 heterocycles. The molecule has 0 fully saturated rings. The Balaban J connectivity index is 1.40. The molecule has 0 saturated carbocycles. The molecule has 0 unspecified atom stereocenters. The van der Waals surface area contributed by atoms with Crippen molar-refractivity contribution in [3.8, 4) is 5.75 Å². The maximum absolute atomic E-state index is 12.8. The van der Waals surface area contributed by atoms with Crippen LogP contribution in [0.5, 0.6) is 5.75 Å². The maximum atomic E-state index is 12.8. The average Bonchev–Trinajstić information content (AvgIpc) is 3.12. The second-order valence-corrected chi connectivity index (χ2v) is 8.20. The fraction of sp³-hybridized carbons (Fsp3) is 0.353. The molecule has 0 bridgehead atoms. The largest absolute Gasteiger partial charge is 0.530 e. The van der Waals surface area contributed by atoms with Crippen LogP contribution < -0.4 is 15.8 Å². The van der Waals surface area contributed by atoms with Gasteiger partial charge in [-0.2, -0.15) is 4.98 Å². The van der Waals surface area contributed by atoms with Gasteiger partial charge in [-0.15, -0.1) is 0 Å². The highest BCUT2D eigenvalue weighted by Gasteiger charge is 2.35. The van der Waals surface area contributed by atoms with Gasteiger partial charge in [0.1, 0.15) is 18.6 Å². The third-order valence-corrected chi connectivity index (χ3v) is 5.76. The minimum atomic E-state index is -3.86. The lowest BCUT2D eigenvalue weighted by molar-refractivity contribution is -0.0496. The molecule has 1 aliphatic heterocycles. The number of rotatable bonds is 7. The van der Waals surface area contributed by atoms with Crippen molar-refractivity contribution in [2.45, 2.75) is 26.4 Å². The predicted molar refractivity (Wildman–Crippen MR) is 105 cm³/mol. The lowest BCUT2D eigenvalue weighted by Crippen LogP contribution is -2.26. The van der Waals surface area contributed by atoms with E-state index in [1.54, 1.807) is 0 Å². The fourth-order valence-corrected chi connectivity index (χ4v) is 4.20. The Kier molecular flexibility index (Phi) is 5.58. The van der Waals surface area contributed by atoms with E-state index in [4.69, 9.17) is 24.0 Å². The summed E-state index contributed by atoms with van der Waals surface area (Å²) in [6, 6.07) is 5.49. The van der Waals surface area contributed by atoms with Crippen LogP contribution in [-0.4, -0.2) is 43.9 Å². The zero-order valence-electron chi connectivity index (χ0n) is 16.0. The van der Waals surface area contributed by atoms with Crippen molar-refractivity contribution in [1.29, 1.82) is 0 Å². The quantitative estimate of drug-likeness (QED) is 0.456. The van der Waals surface area contributed by atoms with Gasteiger partial charge in [0.15, 0.2) is 11.2 Å². The number of phosphoric acid groups is 1. The monoisotopic (exact) mass is 437 g/mol. The first-order valence-electron chi connectivity index (χ1n) is 8.99. The van der Waals surface area contributed by atoms with Crippen molar-refractivity contribution in [3.05, 3.63) is 46.0 Å². The van der Waals surface area contributed by atoms with Gasteiger partial charge in [-0.05, 0) is 12.5 Å². The molecule has 4 rings (SSSR count). The van der Waals surface area contributed by atoms with E-state index in [9.17, 15) is 14.5 Å². The number of benzene rings is 1. The summed E-state index contributed by atoms with van der Waals surface area (Å²) in [5, 5.41) is 9.58. The van der Waals surface area contributed by atoms with Crippen LogP contribution in [0.4, 0.5) is 5.95 Å². The van der Waals surface area contributed by atoms with E-state index in [0.29, 0.717) is 5.75 Å². The number of aliphatic hydroxyl groups excluding tert-OH is 1. The number of nitrogen functional groups attached to an aromatic ring is 1. The first-order chi connectivity index (χ1) is 14.4. The van der Waals surface area contributed by atoms with Gasteiger partial charge < -0.3 is 20.1 Å². The van der Waals surface area contributed by atoms with Gasteiger partial charge in [-0.1, -0.05) is 18.2 Å². The number of hydrogen-bond acceptors (Lipinski definition) is 10. The number of ether oxygens (including phenoxy) is 1. The van der Waals surface area contributed by atoms with Crippen LogP contribution in [0.2, 0.25) is 0 Å². The Morgan fingerprint density at radius 3 is 3.10 bits per heavy atom. The first kappa shape index (κ1) is 20.5. The minimum Gasteiger partial charge on any atom is -0.403 e. The van der Waals surface area contributed by atoms with E-state index in [1.165, 1.54) is 10.9 Å². The SMILES string of the molecule is Cc1cccc2c1O[P@@](=O)(OC[C@@H](CO)OCn1cnc3c(=O)[nH]c(N)nc31)OC2. The Morgan fingerprint density at radius 1 is 1.47 bits per heavy atom. The number of aliphatic hydroxyl groups is 1. The summed E-state index contributed by atoms with van der Waals surface area (Å²) in [5.74, 6) is 0.406. The number of aromatic nitrogens is 4. The molecule has 2 aromatic heterocycles. The van der Waals surface area contributed by atoms with Gasteiger partial charge in [0.2, 0.25) is 5.95 Å². The van der Waals surface area contributed by atoms with Gasteiger partial charge in [0.05, 0.1) is 26.1 Å². The van der Waals surface area contributed by atoms with Crippen molar-refractivity contribution in [2.75, 3.05) is 18.9 Å². The number of phosphoric ester groups is 1. The molecule has 1 aliphatic rings. The molecule has 160 valence electrons. The molecular formula is C17H20N5O7P. The van der Waals surface area contributed by atoms with Crippen LogP contribution in [0.15, 0.2) is 29.3 Å². The first-order valence-corrected chi connectivity index (χ1v) is 10.4. The maximum Gasteiger partial charge on any atom is 0.530 e. The van der Waals surface area contributed by atoms with Gasteiger partial charge in [0.25, 0.3) is 5.56 Å². The van der Waals surface area contributed by atoms with E-state index in [-0.39, 0.29) is 37.1 Å². The zero-order valence-corrected chi connectivity index (χ0v) is 16.9. The topological polar surface area (TPSA) is 164 Å². The summed E-state index contributed by atoms with van der Waals surface area (Å²) in [7, 11) is -3.86. The highest BCUT2D eigenvalue weighted by atomic mass is 31.2. The van der Waals surface area contributed by atoms with Crippen LogP contribution in [0.25, 0.3) is 11.2 Å². The Labute approximate surface area is 170 Å². The number of nitrogens with zero attached hydrogens (tertiary/aromatic N) is 3. The number of aromatic amines is 1. The summed E-state index contributed by atoms with van der Waals surface area (Å²) >= 11 is 0.